The van der Waals surface area contributed by atoms with E-state index in [1.165, 1.54) is 12.1 Å². The van der Waals surface area contributed by atoms with Crippen molar-refractivity contribution in [2.75, 3.05) is 0 Å². The molecular formula is C12H15F4N. The maximum Gasteiger partial charge on any atom is 0.407 e. The Morgan fingerprint density at radius 1 is 1.29 bits per heavy atom. The Balaban J connectivity index is 3.30. The van der Waals surface area contributed by atoms with E-state index in [2.05, 4.69) is 0 Å². The van der Waals surface area contributed by atoms with Crippen molar-refractivity contribution < 1.29 is 17.6 Å². The van der Waals surface area contributed by atoms with Crippen LogP contribution in [0.25, 0.3) is 0 Å². The third kappa shape index (κ3) is 2.97. The first kappa shape index (κ1) is 14.0. The van der Waals surface area contributed by atoms with Crippen LogP contribution in [0.2, 0.25) is 0 Å². The molecule has 0 aromatic heterocycles. The first-order chi connectivity index (χ1) is 7.79. The van der Waals surface area contributed by atoms with Crippen molar-refractivity contribution in [3.63, 3.8) is 0 Å². The van der Waals surface area contributed by atoms with Crippen LogP contribution in [0.3, 0.4) is 0 Å². The third-order valence-electron chi connectivity index (χ3n) is 2.89. The summed E-state index contributed by atoms with van der Waals surface area (Å²) in [5, 5.41) is 0. The fourth-order valence-electron chi connectivity index (χ4n) is 1.70. The largest absolute Gasteiger partial charge is 0.407 e. The van der Waals surface area contributed by atoms with Gasteiger partial charge in [0.2, 0.25) is 0 Å². The number of hydrogen-bond acceptors (Lipinski definition) is 1. The summed E-state index contributed by atoms with van der Waals surface area (Å²) < 4.78 is 51.3. The highest BCUT2D eigenvalue weighted by Crippen LogP contribution is 2.36. The van der Waals surface area contributed by atoms with Gasteiger partial charge in [-0.2, -0.15) is 13.2 Å². The van der Waals surface area contributed by atoms with Crippen LogP contribution in [-0.2, 0) is 0 Å². The Morgan fingerprint density at radius 2 is 1.88 bits per heavy atom. The molecule has 1 aromatic carbocycles. The van der Waals surface area contributed by atoms with Crippen molar-refractivity contribution in [1.29, 1.82) is 0 Å². The molecule has 96 valence electrons. The molecule has 0 bridgehead atoms. The lowest BCUT2D eigenvalue weighted by Gasteiger charge is -2.22. The van der Waals surface area contributed by atoms with Gasteiger partial charge in [-0.3, -0.25) is 0 Å². The summed E-state index contributed by atoms with van der Waals surface area (Å²) in [7, 11) is 0. The summed E-state index contributed by atoms with van der Waals surface area (Å²) >= 11 is 0. The number of hydrogen-bond donors (Lipinski definition) is 1. The van der Waals surface area contributed by atoms with Gasteiger partial charge in [0.05, 0.1) is 0 Å². The zero-order chi connectivity index (χ0) is 13.2. The Kier molecular flexibility index (Phi) is 4.14. The molecule has 0 saturated carbocycles. The van der Waals surface area contributed by atoms with E-state index in [-0.39, 0.29) is 5.92 Å². The van der Waals surface area contributed by atoms with Crippen LogP contribution in [0, 0.1) is 5.82 Å². The fraction of sp³-hybridized carbons (Fsp3) is 0.500. The van der Waals surface area contributed by atoms with Crippen LogP contribution in [0.1, 0.15) is 43.4 Å². The molecule has 0 heterocycles. The van der Waals surface area contributed by atoms with Crippen molar-refractivity contribution >= 4 is 0 Å². The highest BCUT2D eigenvalue weighted by molar-refractivity contribution is 5.34. The maximum absolute atomic E-state index is 13.5. The molecule has 1 nitrogen and oxygen atoms in total. The highest BCUT2D eigenvalue weighted by atomic mass is 19.4. The van der Waals surface area contributed by atoms with Gasteiger partial charge in [0.25, 0.3) is 0 Å². The normalized spacial score (nSPS) is 15.7. The molecule has 0 aliphatic heterocycles. The van der Waals surface area contributed by atoms with Gasteiger partial charge < -0.3 is 5.73 Å². The molecule has 0 aliphatic rings. The summed E-state index contributed by atoms with van der Waals surface area (Å²) in [5.74, 6) is -1.05. The van der Waals surface area contributed by atoms with E-state index in [0.717, 1.165) is 6.07 Å². The summed E-state index contributed by atoms with van der Waals surface area (Å²) in [5.41, 5.74) is 5.00. The van der Waals surface area contributed by atoms with Crippen molar-refractivity contribution in [3.8, 4) is 0 Å². The summed E-state index contributed by atoms with van der Waals surface area (Å²) in [4.78, 5) is 0. The lowest BCUT2D eigenvalue weighted by atomic mass is 9.90. The first-order valence-corrected chi connectivity index (χ1v) is 5.39. The zero-order valence-corrected chi connectivity index (χ0v) is 9.68. The average Bonchev–Trinajstić information content (AvgIpc) is 2.25. The molecule has 17 heavy (non-hydrogen) atoms. The SMILES string of the molecule is CCC(C)c1cccc(F)c1C(N)C(F)(F)F. The second-order valence-electron chi connectivity index (χ2n) is 4.07. The van der Waals surface area contributed by atoms with Gasteiger partial charge >= 0.3 is 6.18 Å². The van der Waals surface area contributed by atoms with E-state index in [1.807, 2.05) is 6.92 Å². The molecule has 0 aliphatic carbocycles. The van der Waals surface area contributed by atoms with E-state index in [1.54, 1.807) is 6.92 Å². The van der Waals surface area contributed by atoms with E-state index < -0.39 is 23.6 Å². The van der Waals surface area contributed by atoms with Crippen LogP contribution in [0.15, 0.2) is 18.2 Å². The Bertz CT molecular complexity index is 387. The van der Waals surface area contributed by atoms with E-state index in [4.69, 9.17) is 5.73 Å². The van der Waals surface area contributed by atoms with Crippen LogP contribution in [0.4, 0.5) is 17.6 Å². The molecule has 2 N–H and O–H groups in total. The van der Waals surface area contributed by atoms with Crippen LogP contribution < -0.4 is 5.73 Å². The monoisotopic (exact) mass is 249 g/mol. The molecule has 0 fully saturated rings. The summed E-state index contributed by atoms with van der Waals surface area (Å²) in [6, 6.07) is 1.64. The first-order valence-electron chi connectivity index (χ1n) is 5.39. The molecular weight excluding hydrogens is 234 g/mol. The van der Waals surface area contributed by atoms with Crippen molar-refractivity contribution in [2.24, 2.45) is 5.73 Å². The molecule has 0 amide bonds. The zero-order valence-electron chi connectivity index (χ0n) is 9.68. The van der Waals surface area contributed by atoms with Gasteiger partial charge in [0, 0.05) is 5.56 Å². The predicted molar refractivity (Wildman–Crippen MR) is 58.1 cm³/mol. The minimum atomic E-state index is -4.63. The minimum Gasteiger partial charge on any atom is -0.316 e. The van der Waals surface area contributed by atoms with Gasteiger partial charge in [0.15, 0.2) is 0 Å². The fourth-order valence-corrected chi connectivity index (χ4v) is 1.70. The lowest BCUT2D eigenvalue weighted by molar-refractivity contribution is -0.149. The summed E-state index contributed by atoms with van der Waals surface area (Å²) in [6.07, 6.45) is -4.01. The van der Waals surface area contributed by atoms with Crippen molar-refractivity contribution in [1.82, 2.24) is 0 Å². The molecule has 1 aromatic rings. The van der Waals surface area contributed by atoms with E-state index in [0.29, 0.717) is 12.0 Å². The van der Waals surface area contributed by atoms with E-state index in [9.17, 15) is 17.6 Å². The second-order valence-corrected chi connectivity index (χ2v) is 4.07. The molecule has 0 spiro atoms. The number of alkyl halides is 3. The summed E-state index contributed by atoms with van der Waals surface area (Å²) in [6.45, 7) is 3.58. The number of benzene rings is 1. The molecule has 0 radical (unpaired) electrons. The van der Waals surface area contributed by atoms with Crippen molar-refractivity contribution in [3.05, 3.63) is 35.1 Å². The van der Waals surface area contributed by atoms with Crippen molar-refractivity contribution in [2.45, 2.75) is 38.4 Å². The molecule has 2 unspecified atom stereocenters. The number of nitrogens with two attached hydrogens (primary N) is 1. The van der Waals surface area contributed by atoms with Gasteiger partial charge in [-0.05, 0) is 24.0 Å². The highest BCUT2D eigenvalue weighted by Gasteiger charge is 2.40. The van der Waals surface area contributed by atoms with Gasteiger partial charge in [0.1, 0.15) is 11.9 Å². The number of halogens is 4. The average molecular weight is 249 g/mol. The van der Waals surface area contributed by atoms with E-state index >= 15 is 0 Å². The van der Waals surface area contributed by atoms with Crippen LogP contribution in [-0.4, -0.2) is 6.18 Å². The van der Waals surface area contributed by atoms with Gasteiger partial charge in [-0.15, -0.1) is 0 Å². The van der Waals surface area contributed by atoms with Crippen LogP contribution >= 0.6 is 0 Å². The maximum atomic E-state index is 13.5. The van der Waals surface area contributed by atoms with Crippen LogP contribution in [0.5, 0.6) is 0 Å². The van der Waals surface area contributed by atoms with Gasteiger partial charge in [-0.1, -0.05) is 26.0 Å². The molecule has 2 atom stereocenters. The molecule has 1 rings (SSSR count). The Hall–Kier alpha value is -1.10. The smallest absolute Gasteiger partial charge is 0.316 e. The molecule has 5 heteroatoms. The third-order valence-corrected chi connectivity index (χ3v) is 2.89. The Morgan fingerprint density at radius 3 is 2.35 bits per heavy atom. The topological polar surface area (TPSA) is 26.0 Å². The molecule has 0 saturated heterocycles. The standard InChI is InChI=1S/C12H15F4N/c1-3-7(2)8-5-4-6-9(13)10(8)11(17)12(14,15)16/h4-7,11H,3,17H2,1-2H3. The Labute approximate surface area is 97.6 Å². The minimum absolute atomic E-state index is 0.158. The second kappa shape index (κ2) is 5.04. The quantitative estimate of drug-likeness (QED) is 0.808. The lowest BCUT2D eigenvalue weighted by Crippen LogP contribution is -2.30. The number of rotatable bonds is 3. The predicted octanol–water partition coefficient (Wildman–Crippen LogP) is 3.90. The van der Waals surface area contributed by atoms with Gasteiger partial charge in [-0.25, -0.2) is 4.39 Å².